The Labute approximate surface area is 173 Å². The molecular weight excluding hydrogens is 389 g/mol. The van der Waals surface area contributed by atoms with Gasteiger partial charge in [-0.05, 0) is 41.3 Å². The van der Waals surface area contributed by atoms with Gasteiger partial charge in [-0.1, -0.05) is 78.9 Å². The van der Waals surface area contributed by atoms with Crippen LogP contribution in [-0.2, 0) is 10.2 Å². The Kier molecular flexibility index (Phi) is 5.39. The summed E-state index contributed by atoms with van der Waals surface area (Å²) >= 11 is 0. The lowest BCUT2D eigenvalue weighted by molar-refractivity contribution is -0.274. The minimum absolute atomic E-state index is 0.0532. The van der Waals surface area contributed by atoms with E-state index in [0.717, 1.165) is 16.7 Å². The van der Waals surface area contributed by atoms with Crippen LogP contribution in [0.1, 0.15) is 18.1 Å². The van der Waals surface area contributed by atoms with Gasteiger partial charge < -0.3 is 9.47 Å². The predicted molar refractivity (Wildman–Crippen MR) is 110 cm³/mol. The monoisotopic (exact) mass is 410 g/mol. The predicted octanol–water partition coefficient (Wildman–Crippen LogP) is 6.51. The summed E-state index contributed by atoms with van der Waals surface area (Å²) in [5.41, 5.74) is 3.24. The first-order valence-corrected chi connectivity index (χ1v) is 9.69. The third kappa shape index (κ3) is 4.26. The van der Waals surface area contributed by atoms with Gasteiger partial charge in [0, 0.05) is 0 Å². The van der Waals surface area contributed by atoms with E-state index < -0.39 is 11.8 Å². The number of halogens is 3. The zero-order valence-corrected chi connectivity index (χ0v) is 16.4. The SMILES string of the molecule is CC1C=CC(c2ccccc2)(c2ccc(-c3cccc(OC(F)(F)F)c3)cc2)CO1. The smallest absolute Gasteiger partial charge is 0.406 e. The Morgan fingerprint density at radius 1 is 0.867 bits per heavy atom. The summed E-state index contributed by atoms with van der Waals surface area (Å²) in [6.07, 6.45) is -0.418. The lowest BCUT2D eigenvalue weighted by atomic mass is 9.73. The van der Waals surface area contributed by atoms with Gasteiger partial charge in [-0.15, -0.1) is 13.2 Å². The molecule has 30 heavy (non-hydrogen) atoms. The molecule has 0 bridgehead atoms. The summed E-state index contributed by atoms with van der Waals surface area (Å²) in [5, 5.41) is 0. The quantitative estimate of drug-likeness (QED) is 0.456. The number of benzene rings is 3. The summed E-state index contributed by atoms with van der Waals surface area (Å²) in [6.45, 7) is 2.52. The van der Waals surface area contributed by atoms with Crippen molar-refractivity contribution in [2.24, 2.45) is 0 Å². The highest BCUT2D eigenvalue weighted by Crippen LogP contribution is 2.38. The van der Waals surface area contributed by atoms with Crippen LogP contribution < -0.4 is 4.74 Å². The normalized spacial score (nSPS) is 21.4. The van der Waals surface area contributed by atoms with Gasteiger partial charge >= 0.3 is 6.36 Å². The number of rotatable bonds is 4. The molecule has 154 valence electrons. The Morgan fingerprint density at radius 2 is 1.57 bits per heavy atom. The van der Waals surface area contributed by atoms with Gasteiger partial charge in [-0.25, -0.2) is 0 Å². The maximum atomic E-state index is 12.5. The summed E-state index contributed by atoms with van der Waals surface area (Å²) in [6, 6.07) is 24.0. The van der Waals surface area contributed by atoms with Crippen molar-refractivity contribution < 1.29 is 22.6 Å². The second-order valence-corrected chi connectivity index (χ2v) is 7.37. The van der Waals surface area contributed by atoms with Crippen molar-refractivity contribution in [3.8, 4) is 16.9 Å². The molecule has 3 aromatic carbocycles. The average Bonchev–Trinajstić information content (AvgIpc) is 2.74. The van der Waals surface area contributed by atoms with Gasteiger partial charge in [0.2, 0.25) is 0 Å². The van der Waals surface area contributed by atoms with Crippen molar-refractivity contribution in [2.75, 3.05) is 6.61 Å². The van der Waals surface area contributed by atoms with E-state index >= 15 is 0 Å². The van der Waals surface area contributed by atoms with Crippen molar-refractivity contribution >= 4 is 0 Å². The van der Waals surface area contributed by atoms with Crippen molar-refractivity contribution in [1.82, 2.24) is 0 Å². The third-order valence-corrected chi connectivity index (χ3v) is 5.32. The Bertz CT molecular complexity index is 1030. The van der Waals surface area contributed by atoms with E-state index in [1.165, 1.54) is 12.1 Å². The van der Waals surface area contributed by atoms with Crippen LogP contribution in [0, 0.1) is 0 Å². The van der Waals surface area contributed by atoms with Crippen molar-refractivity contribution in [3.63, 3.8) is 0 Å². The van der Waals surface area contributed by atoms with Crippen LogP contribution in [0.4, 0.5) is 13.2 Å². The van der Waals surface area contributed by atoms with E-state index in [4.69, 9.17) is 4.74 Å². The number of hydrogen-bond acceptors (Lipinski definition) is 2. The number of ether oxygens (including phenoxy) is 2. The Morgan fingerprint density at radius 3 is 2.20 bits per heavy atom. The van der Waals surface area contributed by atoms with E-state index in [1.807, 2.05) is 49.4 Å². The maximum absolute atomic E-state index is 12.5. The second kappa shape index (κ2) is 8.00. The minimum Gasteiger partial charge on any atom is -0.406 e. The highest BCUT2D eigenvalue weighted by atomic mass is 19.4. The molecule has 5 heteroatoms. The van der Waals surface area contributed by atoms with Gasteiger partial charge in [-0.3, -0.25) is 0 Å². The summed E-state index contributed by atoms with van der Waals surface area (Å²) in [7, 11) is 0. The summed E-state index contributed by atoms with van der Waals surface area (Å²) in [5.74, 6) is -0.234. The van der Waals surface area contributed by atoms with Gasteiger partial charge in [0.05, 0.1) is 18.1 Å². The second-order valence-electron chi connectivity index (χ2n) is 7.37. The summed E-state index contributed by atoms with van der Waals surface area (Å²) in [4.78, 5) is 0. The summed E-state index contributed by atoms with van der Waals surface area (Å²) < 4.78 is 47.6. The first kappa shape index (κ1) is 20.2. The molecule has 0 N–H and O–H groups in total. The average molecular weight is 410 g/mol. The zero-order valence-electron chi connectivity index (χ0n) is 16.4. The molecule has 1 aliphatic rings. The largest absolute Gasteiger partial charge is 0.573 e. The maximum Gasteiger partial charge on any atom is 0.573 e. The van der Waals surface area contributed by atoms with Crippen LogP contribution in [0.5, 0.6) is 5.75 Å². The standard InChI is InChI=1S/C25H21F3O2/c1-18-14-15-24(17-29-18,21-7-3-2-4-8-21)22-12-10-19(11-13-22)20-6-5-9-23(16-20)30-25(26,27)28/h2-16,18H,17H2,1H3. The molecule has 0 amide bonds. The fourth-order valence-electron chi connectivity index (χ4n) is 3.76. The fourth-order valence-corrected chi connectivity index (χ4v) is 3.76. The number of hydrogen-bond donors (Lipinski definition) is 0. The van der Waals surface area contributed by atoms with E-state index in [-0.39, 0.29) is 11.9 Å². The van der Waals surface area contributed by atoms with Crippen LogP contribution in [0.25, 0.3) is 11.1 Å². The van der Waals surface area contributed by atoms with Gasteiger partial charge in [0.1, 0.15) is 5.75 Å². The van der Waals surface area contributed by atoms with Crippen LogP contribution in [-0.4, -0.2) is 19.1 Å². The van der Waals surface area contributed by atoms with Gasteiger partial charge in [-0.2, -0.15) is 0 Å². The molecule has 0 aromatic heterocycles. The Balaban J connectivity index is 1.69. The molecule has 0 saturated heterocycles. The highest BCUT2D eigenvalue weighted by Gasteiger charge is 2.35. The fraction of sp³-hybridized carbons (Fsp3) is 0.200. The van der Waals surface area contributed by atoms with Crippen molar-refractivity contribution in [3.05, 3.63) is 102 Å². The first-order chi connectivity index (χ1) is 14.4. The molecule has 2 atom stereocenters. The van der Waals surface area contributed by atoms with Gasteiger partial charge in [0.15, 0.2) is 0 Å². The molecule has 0 fully saturated rings. The molecule has 3 aromatic rings. The van der Waals surface area contributed by atoms with Crippen LogP contribution in [0.3, 0.4) is 0 Å². The lowest BCUT2D eigenvalue weighted by Crippen LogP contribution is -2.36. The van der Waals surface area contributed by atoms with E-state index in [9.17, 15) is 13.2 Å². The molecular formula is C25H21F3O2. The molecule has 0 aliphatic carbocycles. The first-order valence-electron chi connectivity index (χ1n) is 9.69. The topological polar surface area (TPSA) is 18.5 Å². The molecule has 4 rings (SSSR count). The zero-order chi connectivity index (χ0) is 21.2. The molecule has 0 spiro atoms. The molecule has 2 unspecified atom stereocenters. The number of alkyl halides is 3. The van der Waals surface area contributed by atoms with E-state index in [0.29, 0.717) is 12.2 Å². The minimum atomic E-state index is -4.71. The van der Waals surface area contributed by atoms with Crippen LogP contribution >= 0.6 is 0 Å². The van der Waals surface area contributed by atoms with Crippen molar-refractivity contribution in [2.45, 2.75) is 24.8 Å². The molecule has 1 aliphatic heterocycles. The molecule has 1 heterocycles. The van der Waals surface area contributed by atoms with Crippen LogP contribution in [0.2, 0.25) is 0 Å². The molecule has 0 radical (unpaired) electrons. The van der Waals surface area contributed by atoms with E-state index in [1.54, 1.807) is 12.1 Å². The molecule has 0 saturated carbocycles. The van der Waals surface area contributed by atoms with Gasteiger partial charge in [0.25, 0.3) is 0 Å². The molecule has 2 nitrogen and oxygen atoms in total. The van der Waals surface area contributed by atoms with E-state index in [2.05, 4.69) is 29.0 Å². The Hall–Kier alpha value is -3.05. The lowest BCUT2D eigenvalue weighted by Gasteiger charge is -2.36. The van der Waals surface area contributed by atoms with Crippen molar-refractivity contribution in [1.29, 1.82) is 0 Å². The highest BCUT2D eigenvalue weighted by molar-refractivity contribution is 5.66. The third-order valence-electron chi connectivity index (χ3n) is 5.32. The van der Waals surface area contributed by atoms with Crippen LogP contribution in [0.15, 0.2) is 91.0 Å².